The minimum Gasteiger partial charge on any atom is -0.462 e. The lowest BCUT2D eigenvalue weighted by molar-refractivity contribution is -0.161. The van der Waals surface area contributed by atoms with Crippen LogP contribution in [0.25, 0.3) is 0 Å². The number of ether oxygens (including phenoxy) is 4. The summed E-state index contributed by atoms with van der Waals surface area (Å²) in [6.45, 7) is 9.57. The van der Waals surface area contributed by atoms with Crippen LogP contribution in [0.3, 0.4) is 0 Å². The Morgan fingerprint density at radius 1 is 0.260 bits per heavy atom. The lowest BCUT2D eigenvalue weighted by Crippen LogP contribution is -2.30. The molecule has 0 heterocycles. The highest BCUT2D eigenvalue weighted by Crippen LogP contribution is 2.45. The van der Waals surface area contributed by atoms with Crippen LogP contribution in [0.1, 0.15) is 452 Å². The predicted octanol–water partition coefficient (Wildman–Crippen LogP) is 25.8. The van der Waals surface area contributed by atoms with Crippen LogP contribution in [0.4, 0.5) is 0 Å². The maximum absolute atomic E-state index is 13.1. The van der Waals surface area contributed by atoms with Gasteiger partial charge in [0.1, 0.15) is 19.3 Å². The first-order chi connectivity index (χ1) is 50.4. The number of hydrogen-bond acceptors (Lipinski definition) is 15. The molecule has 0 aliphatic rings. The summed E-state index contributed by atoms with van der Waals surface area (Å²) in [6, 6.07) is 0. The highest BCUT2D eigenvalue weighted by atomic mass is 31.2. The predicted molar refractivity (Wildman–Crippen MR) is 428 cm³/mol. The molecule has 2 unspecified atom stereocenters. The number of rotatable bonds is 84. The maximum atomic E-state index is 13.1. The summed E-state index contributed by atoms with van der Waals surface area (Å²) in [4.78, 5) is 73.1. The quantitative estimate of drug-likeness (QED) is 0.0222. The SMILES string of the molecule is CCCCCCCCCCCCCCCCCCCCCCCCC(=O)O[C@H](COC(=O)CCCCCCCCCCCCCCCCCCCCCC)COP(=O)(O)OC[C@@H](O)COP(=O)(O)OC[C@@H](COC(=O)CCCCCCCCCC(C)C)OC(=O)CCCCCCCCCCCC(C)C. The molecule has 0 aromatic carbocycles. The average Bonchev–Trinajstić information content (AvgIpc) is 0.918. The number of carbonyl (C=O) groups is 4. The second-order valence-corrected chi connectivity index (χ2v) is 34.4. The maximum Gasteiger partial charge on any atom is 0.472 e. The Morgan fingerprint density at radius 3 is 0.654 bits per heavy atom. The van der Waals surface area contributed by atoms with E-state index in [4.69, 9.17) is 37.0 Å². The van der Waals surface area contributed by atoms with Crippen LogP contribution in [0.15, 0.2) is 0 Å². The number of esters is 4. The number of unbranched alkanes of at least 4 members (excludes halogenated alkanes) is 54. The van der Waals surface area contributed by atoms with E-state index >= 15 is 0 Å². The van der Waals surface area contributed by atoms with Crippen molar-refractivity contribution in [1.82, 2.24) is 0 Å². The van der Waals surface area contributed by atoms with Gasteiger partial charge >= 0.3 is 39.5 Å². The lowest BCUT2D eigenvalue weighted by Gasteiger charge is -2.21. The highest BCUT2D eigenvalue weighted by molar-refractivity contribution is 7.47. The smallest absolute Gasteiger partial charge is 0.462 e. The Balaban J connectivity index is 5.19. The summed E-state index contributed by atoms with van der Waals surface area (Å²) in [5.74, 6) is -0.667. The largest absolute Gasteiger partial charge is 0.472 e. The number of hydrogen-bond donors (Lipinski definition) is 3. The van der Waals surface area contributed by atoms with Crippen molar-refractivity contribution in [3.05, 3.63) is 0 Å². The normalized spacial score (nSPS) is 13.8. The summed E-state index contributed by atoms with van der Waals surface area (Å²) in [5.41, 5.74) is 0. The molecule has 104 heavy (non-hydrogen) atoms. The summed E-state index contributed by atoms with van der Waals surface area (Å²) < 4.78 is 68.8. The molecule has 0 aromatic heterocycles. The minimum absolute atomic E-state index is 0.105. The van der Waals surface area contributed by atoms with E-state index in [1.54, 1.807) is 0 Å². The molecule has 0 radical (unpaired) electrons. The number of carbonyl (C=O) groups excluding carboxylic acids is 4. The zero-order valence-electron chi connectivity index (χ0n) is 68.3. The molecule has 0 spiro atoms. The van der Waals surface area contributed by atoms with Gasteiger partial charge in [-0.25, -0.2) is 9.13 Å². The number of aliphatic hydroxyl groups is 1. The van der Waals surface area contributed by atoms with Gasteiger partial charge in [0, 0.05) is 25.7 Å². The summed E-state index contributed by atoms with van der Waals surface area (Å²) in [5, 5.41) is 10.7. The number of phosphoric ester groups is 2. The summed E-state index contributed by atoms with van der Waals surface area (Å²) in [6.07, 6.45) is 68.4. The molecule has 19 heteroatoms. The standard InChI is InChI=1S/C85H166O17P2/c1-7-9-11-13-15-17-19-21-23-25-27-29-30-32-34-36-38-40-44-50-57-63-69-84(89)101-80(73-95-82(87)67-61-55-49-43-39-37-35-33-31-28-26-24-22-20-18-16-14-12-10-8-2)75-99-103(91,92)97-71-79(86)72-98-104(93,94)100-76-81(74-96-83(88)68-62-56-52-46-48-54-60-66-78(5)6)102-85(90)70-64-58-51-45-41-42-47-53-59-65-77(3)4/h77-81,86H,7-76H2,1-6H3,(H,91,92)(H,93,94)/t79-,80-,81-/m1/s1. The van der Waals surface area contributed by atoms with Gasteiger partial charge in [-0.2, -0.15) is 0 Å². The van der Waals surface area contributed by atoms with Gasteiger partial charge in [0.05, 0.1) is 26.4 Å². The molecular formula is C85H166O17P2. The summed E-state index contributed by atoms with van der Waals surface area (Å²) in [7, 11) is -9.92. The molecular weight excluding hydrogens is 1350 g/mol. The van der Waals surface area contributed by atoms with E-state index < -0.39 is 97.5 Å². The third-order valence-electron chi connectivity index (χ3n) is 20.0. The molecule has 0 saturated carbocycles. The number of phosphoric acid groups is 2. The molecule has 0 aromatic rings. The van der Waals surface area contributed by atoms with Gasteiger partial charge in [-0.1, -0.05) is 401 Å². The molecule has 618 valence electrons. The molecule has 0 rings (SSSR count). The zero-order valence-corrected chi connectivity index (χ0v) is 70.1. The fourth-order valence-corrected chi connectivity index (χ4v) is 14.8. The van der Waals surface area contributed by atoms with Gasteiger partial charge in [-0.3, -0.25) is 37.3 Å². The Kier molecular flexibility index (Phi) is 75.0. The first-order valence-corrected chi connectivity index (χ1v) is 47.0. The Bertz CT molecular complexity index is 1990. The van der Waals surface area contributed by atoms with Crippen molar-refractivity contribution >= 4 is 39.5 Å². The Hall–Kier alpha value is -1.94. The zero-order chi connectivity index (χ0) is 76.4. The van der Waals surface area contributed by atoms with Crippen LogP contribution < -0.4 is 0 Å². The Labute approximate surface area is 638 Å². The molecule has 17 nitrogen and oxygen atoms in total. The van der Waals surface area contributed by atoms with Crippen LogP contribution in [-0.4, -0.2) is 96.7 Å². The molecule has 0 aliphatic heterocycles. The van der Waals surface area contributed by atoms with Crippen molar-refractivity contribution in [3.63, 3.8) is 0 Å². The minimum atomic E-state index is -4.96. The second kappa shape index (κ2) is 76.4. The fourth-order valence-electron chi connectivity index (χ4n) is 13.2. The van der Waals surface area contributed by atoms with Crippen molar-refractivity contribution in [3.8, 4) is 0 Å². The molecule has 0 amide bonds. The number of aliphatic hydroxyl groups excluding tert-OH is 1. The fraction of sp³-hybridized carbons (Fsp3) is 0.953. The summed E-state index contributed by atoms with van der Waals surface area (Å²) >= 11 is 0. The van der Waals surface area contributed by atoms with Crippen molar-refractivity contribution in [2.45, 2.75) is 471 Å². The van der Waals surface area contributed by atoms with Gasteiger partial charge in [0.2, 0.25) is 0 Å². The van der Waals surface area contributed by atoms with E-state index in [0.717, 1.165) is 102 Å². The van der Waals surface area contributed by atoms with E-state index in [2.05, 4.69) is 41.5 Å². The van der Waals surface area contributed by atoms with Gasteiger partial charge in [-0.15, -0.1) is 0 Å². The van der Waals surface area contributed by atoms with Gasteiger partial charge in [0.25, 0.3) is 0 Å². The van der Waals surface area contributed by atoms with Crippen LogP contribution in [0, 0.1) is 11.8 Å². The van der Waals surface area contributed by atoms with Crippen LogP contribution >= 0.6 is 15.6 Å². The van der Waals surface area contributed by atoms with Crippen LogP contribution in [-0.2, 0) is 65.4 Å². The molecule has 0 saturated heterocycles. The van der Waals surface area contributed by atoms with E-state index in [1.807, 2.05) is 0 Å². The second-order valence-electron chi connectivity index (χ2n) is 31.5. The van der Waals surface area contributed by atoms with Crippen molar-refractivity contribution in [2.75, 3.05) is 39.6 Å². The van der Waals surface area contributed by atoms with E-state index in [-0.39, 0.29) is 25.7 Å². The van der Waals surface area contributed by atoms with Gasteiger partial charge < -0.3 is 33.8 Å². The average molecular weight is 1520 g/mol. The lowest BCUT2D eigenvalue weighted by atomic mass is 10.0. The third-order valence-corrected chi connectivity index (χ3v) is 21.9. The highest BCUT2D eigenvalue weighted by Gasteiger charge is 2.30. The molecule has 3 N–H and O–H groups in total. The van der Waals surface area contributed by atoms with Gasteiger partial charge in [0.15, 0.2) is 12.2 Å². The molecule has 5 atom stereocenters. The van der Waals surface area contributed by atoms with E-state index in [0.29, 0.717) is 31.6 Å². The van der Waals surface area contributed by atoms with E-state index in [9.17, 15) is 43.2 Å². The Morgan fingerprint density at radius 2 is 0.442 bits per heavy atom. The molecule has 0 aliphatic carbocycles. The van der Waals surface area contributed by atoms with Crippen molar-refractivity contribution < 1.29 is 80.2 Å². The monoisotopic (exact) mass is 1520 g/mol. The molecule has 0 fully saturated rings. The van der Waals surface area contributed by atoms with Gasteiger partial charge in [-0.05, 0) is 37.5 Å². The third kappa shape index (κ3) is 78.2. The van der Waals surface area contributed by atoms with Crippen LogP contribution in [0.5, 0.6) is 0 Å². The van der Waals surface area contributed by atoms with E-state index in [1.165, 1.54) is 263 Å². The van der Waals surface area contributed by atoms with Crippen molar-refractivity contribution in [2.24, 2.45) is 11.8 Å². The van der Waals surface area contributed by atoms with Crippen molar-refractivity contribution in [1.29, 1.82) is 0 Å². The first-order valence-electron chi connectivity index (χ1n) is 44.0. The topological polar surface area (TPSA) is 237 Å². The molecule has 0 bridgehead atoms. The first kappa shape index (κ1) is 102. The van der Waals surface area contributed by atoms with Crippen LogP contribution in [0.2, 0.25) is 0 Å².